The van der Waals surface area contributed by atoms with Crippen LogP contribution in [0.15, 0.2) is 34.7 Å². The van der Waals surface area contributed by atoms with Crippen LogP contribution in [0.5, 0.6) is 0 Å². The molecular weight excluding hydrogens is 320 g/mol. The lowest BCUT2D eigenvalue weighted by Gasteiger charge is -2.23. The van der Waals surface area contributed by atoms with E-state index in [4.69, 9.17) is 4.42 Å². The molecule has 2 rings (SSSR count). The highest BCUT2D eigenvalue weighted by atomic mass is 16.3. The van der Waals surface area contributed by atoms with Gasteiger partial charge in [0.1, 0.15) is 17.1 Å². The van der Waals surface area contributed by atoms with E-state index in [-0.39, 0.29) is 6.54 Å². The highest BCUT2D eigenvalue weighted by molar-refractivity contribution is 6.39. The van der Waals surface area contributed by atoms with Gasteiger partial charge in [-0.2, -0.15) is 0 Å². The molecule has 0 radical (unpaired) electrons. The summed E-state index contributed by atoms with van der Waals surface area (Å²) in [5.41, 5.74) is 0.876. The topological polar surface area (TPSA) is 91.6 Å². The quantitative estimate of drug-likeness (QED) is 0.727. The van der Waals surface area contributed by atoms with Crippen LogP contribution in [0.4, 0.5) is 5.69 Å². The number of amides is 2. The number of furan rings is 1. The van der Waals surface area contributed by atoms with Gasteiger partial charge in [0.25, 0.3) is 0 Å². The van der Waals surface area contributed by atoms with Crippen molar-refractivity contribution in [1.82, 2.24) is 5.32 Å². The zero-order valence-corrected chi connectivity index (χ0v) is 15.0. The average molecular weight is 344 g/mol. The summed E-state index contributed by atoms with van der Waals surface area (Å²) in [6.45, 7) is 6.99. The lowest BCUT2D eigenvalue weighted by atomic mass is 9.96. The second-order valence-electron chi connectivity index (χ2n) is 6.29. The highest BCUT2D eigenvalue weighted by Gasteiger charge is 2.29. The molecule has 1 unspecified atom stereocenters. The molecule has 0 bridgehead atoms. The fourth-order valence-electron chi connectivity index (χ4n) is 2.65. The van der Waals surface area contributed by atoms with E-state index >= 15 is 0 Å². The van der Waals surface area contributed by atoms with Gasteiger partial charge in [-0.15, -0.1) is 0 Å². The lowest BCUT2D eigenvalue weighted by molar-refractivity contribution is -0.136. The number of carbonyl (C=O) groups is 2. The molecule has 1 aromatic carbocycles. The Balaban J connectivity index is 1.96. The van der Waals surface area contributed by atoms with E-state index in [1.807, 2.05) is 25.1 Å². The Hall–Kier alpha value is -2.60. The molecule has 0 aliphatic heterocycles. The van der Waals surface area contributed by atoms with Crippen molar-refractivity contribution in [3.8, 4) is 0 Å². The maximum atomic E-state index is 12.0. The van der Waals surface area contributed by atoms with Crippen molar-refractivity contribution in [2.24, 2.45) is 0 Å². The Bertz CT molecular complexity index is 777. The lowest BCUT2D eigenvalue weighted by Crippen LogP contribution is -2.43. The Morgan fingerprint density at radius 3 is 2.52 bits per heavy atom. The van der Waals surface area contributed by atoms with Crippen LogP contribution in [-0.4, -0.2) is 23.5 Å². The van der Waals surface area contributed by atoms with Gasteiger partial charge in [-0.1, -0.05) is 19.1 Å². The smallest absolute Gasteiger partial charge is 0.313 e. The van der Waals surface area contributed by atoms with E-state index in [0.29, 0.717) is 22.8 Å². The number of hydrogen-bond donors (Lipinski definition) is 3. The van der Waals surface area contributed by atoms with E-state index in [2.05, 4.69) is 10.6 Å². The van der Waals surface area contributed by atoms with Crippen molar-refractivity contribution in [3.05, 3.63) is 53.0 Å². The average Bonchev–Trinajstić information content (AvgIpc) is 2.92. The molecule has 25 heavy (non-hydrogen) atoms. The van der Waals surface area contributed by atoms with E-state index in [1.54, 1.807) is 32.9 Å². The highest BCUT2D eigenvalue weighted by Crippen LogP contribution is 2.26. The van der Waals surface area contributed by atoms with Crippen molar-refractivity contribution in [3.63, 3.8) is 0 Å². The van der Waals surface area contributed by atoms with Gasteiger partial charge in [0.05, 0.1) is 6.54 Å². The minimum absolute atomic E-state index is 0.103. The zero-order valence-electron chi connectivity index (χ0n) is 15.0. The summed E-state index contributed by atoms with van der Waals surface area (Å²) in [5.74, 6) is -0.325. The van der Waals surface area contributed by atoms with Gasteiger partial charge in [0, 0.05) is 11.3 Å². The van der Waals surface area contributed by atoms with Gasteiger partial charge in [-0.25, -0.2) is 0 Å². The van der Waals surface area contributed by atoms with Gasteiger partial charge in [0.15, 0.2) is 0 Å². The number of carbonyl (C=O) groups excluding carboxylic acids is 2. The molecule has 0 saturated heterocycles. The van der Waals surface area contributed by atoms with Crippen molar-refractivity contribution >= 4 is 17.5 Å². The van der Waals surface area contributed by atoms with E-state index in [0.717, 1.165) is 12.0 Å². The van der Waals surface area contributed by atoms with E-state index < -0.39 is 17.4 Å². The SMILES string of the molecule is CCc1cccc(NC(=O)C(=O)NCC(C)(O)c2cc(C)oc2C)c1. The molecule has 134 valence electrons. The largest absolute Gasteiger partial charge is 0.466 e. The van der Waals surface area contributed by atoms with Crippen LogP contribution < -0.4 is 10.6 Å². The van der Waals surface area contributed by atoms with Crippen LogP contribution in [0.2, 0.25) is 0 Å². The molecule has 2 aromatic rings. The van der Waals surface area contributed by atoms with Gasteiger partial charge in [-0.05, 0) is 51.0 Å². The third kappa shape index (κ3) is 4.70. The summed E-state index contributed by atoms with van der Waals surface area (Å²) >= 11 is 0. The number of anilines is 1. The molecule has 1 atom stereocenters. The van der Waals surface area contributed by atoms with Crippen molar-refractivity contribution < 1.29 is 19.1 Å². The van der Waals surface area contributed by atoms with Crippen LogP contribution >= 0.6 is 0 Å². The molecule has 1 aromatic heterocycles. The number of aryl methyl sites for hydroxylation is 3. The van der Waals surface area contributed by atoms with Crippen LogP contribution in [0.3, 0.4) is 0 Å². The van der Waals surface area contributed by atoms with Crippen molar-refractivity contribution in [2.75, 3.05) is 11.9 Å². The van der Waals surface area contributed by atoms with Crippen molar-refractivity contribution in [1.29, 1.82) is 0 Å². The van der Waals surface area contributed by atoms with E-state index in [1.165, 1.54) is 0 Å². The fraction of sp³-hybridized carbons (Fsp3) is 0.368. The first-order valence-corrected chi connectivity index (χ1v) is 8.21. The molecule has 0 spiro atoms. The predicted molar refractivity (Wildman–Crippen MR) is 95.2 cm³/mol. The molecule has 6 heteroatoms. The Morgan fingerprint density at radius 2 is 1.92 bits per heavy atom. The summed E-state index contributed by atoms with van der Waals surface area (Å²) in [5, 5.41) is 15.6. The minimum Gasteiger partial charge on any atom is -0.466 e. The standard InChI is InChI=1S/C19H24N2O4/c1-5-14-7-6-8-15(10-14)21-18(23)17(22)20-11-19(4,24)16-9-12(2)25-13(16)3/h6-10,24H,5,11H2,1-4H3,(H,20,22)(H,21,23). The summed E-state index contributed by atoms with van der Waals surface area (Å²) in [6.07, 6.45) is 0.836. The maximum absolute atomic E-state index is 12.0. The normalized spacial score (nSPS) is 13.2. The molecule has 3 N–H and O–H groups in total. The fourth-order valence-corrected chi connectivity index (χ4v) is 2.65. The number of aliphatic hydroxyl groups is 1. The number of hydrogen-bond acceptors (Lipinski definition) is 4. The maximum Gasteiger partial charge on any atom is 0.313 e. The Labute approximate surface area is 147 Å². The third-order valence-corrected chi connectivity index (χ3v) is 4.01. The molecule has 6 nitrogen and oxygen atoms in total. The molecule has 0 aliphatic rings. The Kier molecular flexibility index (Phi) is 5.64. The first-order chi connectivity index (χ1) is 11.7. The van der Waals surface area contributed by atoms with Crippen molar-refractivity contribution in [2.45, 2.75) is 39.7 Å². The van der Waals surface area contributed by atoms with E-state index in [9.17, 15) is 14.7 Å². The monoisotopic (exact) mass is 344 g/mol. The minimum atomic E-state index is -1.33. The molecule has 0 aliphatic carbocycles. The summed E-state index contributed by atoms with van der Waals surface area (Å²) < 4.78 is 5.40. The molecule has 1 heterocycles. The second-order valence-corrected chi connectivity index (χ2v) is 6.29. The van der Waals surface area contributed by atoms with Gasteiger partial charge in [-0.3, -0.25) is 9.59 Å². The predicted octanol–water partition coefficient (Wildman–Crippen LogP) is 2.42. The van der Waals surface area contributed by atoms with Gasteiger partial charge in [0.2, 0.25) is 0 Å². The first kappa shape index (κ1) is 18.7. The second kappa shape index (κ2) is 7.53. The molecule has 0 fully saturated rings. The van der Waals surface area contributed by atoms with Crippen LogP contribution in [0.25, 0.3) is 0 Å². The first-order valence-electron chi connectivity index (χ1n) is 8.21. The molecule has 0 saturated carbocycles. The molecular formula is C19H24N2O4. The number of rotatable bonds is 5. The Morgan fingerprint density at radius 1 is 1.20 bits per heavy atom. The molecule has 2 amide bonds. The van der Waals surface area contributed by atoms with Gasteiger partial charge >= 0.3 is 11.8 Å². The number of benzene rings is 1. The summed E-state index contributed by atoms with van der Waals surface area (Å²) in [6, 6.07) is 9.03. The summed E-state index contributed by atoms with van der Waals surface area (Å²) in [7, 11) is 0. The van der Waals surface area contributed by atoms with Crippen LogP contribution in [0, 0.1) is 13.8 Å². The number of nitrogens with one attached hydrogen (secondary N) is 2. The summed E-state index contributed by atoms with van der Waals surface area (Å²) in [4.78, 5) is 24.0. The van der Waals surface area contributed by atoms with Crippen LogP contribution in [0.1, 0.15) is 36.5 Å². The van der Waals surface area contributed by atoms with Gasteiger partial charge < -0.3 is 20.2 Å². The van der Waals surface area contributed by atoms with Crippen LogP contribution in [-0.2, 0) is 21.6 Å². The zero-order chi connectivity index (χ0) is 18.6. The third-order valence-electron chi connectivity index (χ3n) is 4.01.